The number of imide groups is 1. The molecule has 98 valence electrons. The second-order valence-corrected chi connectivity index (χ2v) is 4.32. The van der Waals surface area contributed by atoms with Crippen LogP contribution < -0.4 is 16.0 Å². The monoisotopic (exact) mass is 242 g/mol. The van der Waals surface area contributed by atoms with Crippen LogP contribution >= 0.6 is 0 Å². The third kappa shape index (κ3) is 3.98. The minimum Gasteiger partial charge on any atom is -0.338 e. The lowest BCUT2D eigenvalue weighted by atomic mass is 10.1. The van der Waals surface area contributed by atoms with Gasteiger partial charge in [0.05, 0.1) is 6.04 Å². The maximum absolute atomic E-state index is 11.8. The molecule has 3 N–H and O–H groups in total. The molecule has 3 amide bonds. The van der Waals surface area contributed by atoms with Gasteiger partial charge in [-0.3, -0.25) is 15.0 Å². The van der Waals surface area contributed by atoms with Crippen LogP contribution in [0.1, 0.15) is 20.8 Å². The number of amides is 3. The molecule has 2 unspecified atom stereocenters. The molecular formula is C11H22N4O2. The van der Waals surface area contributed by atoms with Crippen LogP contribution in [0.3, 0.4) is 0 Å². The summed E-state index contributed by atoms with van der Waals surface area (Å²) in [7, 11) is 0. The smallest absolute Gasteiger partial charge is 0.321 e. The zero-order valence-corrected chi connectivity index (χ0v) is 10.7. The number of carbonyl (C=O) groups excluding carboxylic acids is 2. The summed E-state index contributed by atoms with van der Waals surface area (Å²) in [5, 5.41) is 8.16. The fraction of sp³-hybridized carbons (Fsp3) is 0.818. The molecule has 2 atom stereocenters. The quantitative estimate of drug-likeness (QED) is 0.624. The Kier molecular flexibility index (Phi) is 5.37. The molecule has 17 heavy (non-hydrogen) atoms. The first-order chi connectivity index (χ1) is 8.06. The third-order valence-electron chi connectivity index (χ3n) is 3.00. The van der Waals surface area contributed by atoms with Crippen molar-refractivity contribution in [3.8, 4) is 0 Å². The first-order valence-corrected chi connectivity index (χ1v) is 6.11. The molecule has 0 aromatic rings. The molecule has 1 aliphatic heterocycles. The number of hydrogen-bond acceptors (Lipinski definition) is 4. The lowest BCUT2D eigenvalue weighted by Gasteiger charge is -2.37. The van der Waals surface area contributed by atoms with Gasteiger partial charge in [0, 0.05) is 32.2 Å². The van der Waals surface area contributed by atoms with Gasteiger partial charge >= 0.3 is 6.03 Å². The predicted molar refractivity (Wildman–Crippen MR) is 65.7 cm³/mol. The second-order valence-electron chi connectivity index (χ2n) is 4.32. The molecule has 0 aromatic heterocycles. The van der Waals surface area contributed by atoms with Gasteiger partial charge < -0.3 is 10.6 Å². The molecule has 0 saturated carbocycles. The Morgan fingerprint density at radius 1 is 1.53 bits per heavy atom. The van der Waals surface area contributed by atoms with Gasteiger partial charge in [-0.2, -0.15) is 0 Å². The van der Waals surface area contributed by atoms with Gasteiger partial charge in [0.2, 0.25) is 5.91 Å². The number of urea groups is 1. The van der Waals surface area contributed by atoms with E-state index in [1.165, 1.54) is 0 Å². The van der Waals surface area contributed by atoms with Gasteiger partial charge in [-0.25, -0.2) is 4.79 Å². The topological polar surface area (TPSA) is 73.5 Å². The minimum atomic E-state index is -0.424. The highest BCUT2D eigenvalue weighted by Crippen LogP contribution is 2.07. The predicted octanol–water partition coefficient (Wildman–Crippen LogP) is -0.486. The first kappa shape index (κ1) is 13.9. The molecule has 0 radical (unpaired) electrons. The van der Waals surface area contributed by atoms with Crippen LogP contribution in [0.15, 0.2) is 0 Å². The van der Waals surface area contributed by atoms with Gasteiger partial charge in [-0.15, -0.1) is 0 Å². The molecule has 6 heteroatoms. The van der Waals surface area contributed by atoms with Gasteiger partial charge in [0.15, 0.2) is 0 Å². The van der Waals surface area contributed by atoms with E-state index in [4.69, 9.17) is 0 Å². The number of rotatable bonds is 3. The number of hydrogen-bond donors (Lipinski definition) is 3. The highest BCUT2D eigenvalue weighted by atomic mass is 16.2. The molecule has 1 saturated heterocycles. The Bertz CT molecular complexity index is 283. The fourth-order valence-corrected chi connectivity index (χ4v) is 2.00. The van der Waals surface area contributed by atoms with Crippen LogP contribution in [0, 0.1) is 0 Å². The average molecular weight is 242 g/mol. The molecule has 0 spiro atoms. The Morgan fingerprint density at radius 3 is 2.82 bits per heavy atom. The van der Waals surface area contributed by atoms with Crippen molar-refractivity contribution in [2.24, 2.45) is 0 Å². The molecule has 1 heterocycles. The van der Waals surface area contributed by atoms with Crippen molar-refractivity contribution in [2.45, 2.75) is 32.9 Å². The van der Waals surface area contributed by atoms with Crippen LogP contribution in [-0.2, 0) is 4.79 Å². The number of nitrogens with zero attached hydrogens (tertiary/aromatic N) is 1. The van der Waals surface area contributed by atoms with Crippen LogP contribution in [0.5, 0.6) is 0 Å². The summed E-state index contributed by atoms with van der Waals surface area (Å²) in [6.45, 7) is 8.80. The Hall–Kier alpha value is -1.14. The van der Waals surface area contributed by atoms with E-state index in [1.807, 2.05) is 13.8 Å². The molecule has 1 fully saturated rings. The van der Waals surface area contributed by atoms with Crippen molar-refractivity contribution < 1.29 is 9.59 Å². The summed E-state index contributed by atoms with van der Waals surface area (Å²) in [6.07, 6.45) is 0. The van der Waals surface area contributed by atoms with Gasteiger partial charge in [0.25, 0.3) is 0 Å². The lowest BCUT2D eigenvalue weighted by molar-refractivity contribution is -0.125. The molecule has 6 nitrogen and oxygen atoms in total. The van der Waals surface area contributed by atoms with Crippen molar-refractivity contribution in [3.63, 3.8) is 0 Å². The summed E-state index contributed by atoms with van der Waals surface area (Å²) in [5.74, 6) is -0.246. The maximum Gasteiger partial charge on any atom is 0.321 e. The molecule has 0 aliphatic carbocycles. The van der Waals surface area contributed by atoms with E-state index in [-0.39, 0.29) is 11.9 Å². The highest BCUT2D eigenvalue weighted by Gasteiger charge is 2.28. The molecule has 1 rings (SSSR count). The number of piperazine rings is 1. The van der Waals surface area contributed by atoms with E-state index >= 15 is 0 Å². The zero-order valence-electron chi connectivity index (χ0n) is 10.7. The van der Waals surface area contributed by atoms with Gasteiger partial charge in [0.1, 0.15) is 0 Å². The van der Waals surface area contributed by atoms with Crippen molar-refractivity contribution in [1.82, 2.24) is 20.9 Å². The first-order valence-electron chi connectivity index (χ1n) is 6.11. The summed E-state index contributed by atoms with van der Waals surface area (Å²) >= 11 is 0. The Labute approximate surface area is 102 Å². The highest BCUT2D eigenvalue weighted by molar-refractivity contribution is 5.96. The van der Waals surface area contributed by atoms with Crippen LogP contribution in [0.2, 0.25) is 0 Å². The minimum absolute atomic E-state index is 0.246. The standard InChI is InChI=1S/C11H22N4O2/c1-4-13-11(17)14-10(16)9(3)15-6-5-12-7-8(15)2/h8-9,12H,4-7H2,1-3H3,(H2,13,14,16,17). The summed E-state index contributed by atoms with van der Waals surface area (Å²) < 4.78 is 0. The zero-order chi connectivity index (χ0) is 12.8. The van der Waals surface area contributed by atoms with Crippen molar-refractivity contribution in [1.29, 1.82) is 0 Å². The van der Waals surface area contributed by atoms with E-state index in [2.05, 4.69) is 27.8 Å². The third-order valence-corrected chi connectivity index (χ3v) is 3.00. The lowest BCUT2D eigenvalue weighted by Crippen LogP contribution is -2.58. The van der Waals surface area contributed by atoms with E-state index in [0.717, 1.165) is 19.6 Å². The molecule has 0 bridgehead atoms. The number of carbonyl (C=O) groups is 2. The number of nitrogens with one attached hydrogen (secondary N) is 3. The molecular weight excluding hydrogens is 220 g/mol. The summed E-state index contributed by atoms with van der Waals surface area (Å²) in [6, 6.07) is -0.402. The van der Waals surface area contributed by atoms with Crippen LogP contribution in [0.25, 0.3) is 0 Å². The normalized spacial score (nSPS) is 22.9. The van der Waals surface area contributed by atoms with E-state index in [9.17, 15) is 9.59 Å². The Morgan fingerprint density at radius 2 is 2.24 bits per heavy atom. The summed E-state index contributed by atoms with van der Waals surface area (Å²) in [5.41, 5.74) is 0. The fourth-order valence-electron chi connectivity index (χ4n) is 2.00. The maximum atomic E-state index is 11.8. The Balaban J connectivity index is 2.47. The molecule has 1 aliphatic rings. The van der Waals surface area contributed by atoms with Gasteiger partial charge in [-0.1, -0.05) is 0 Å². The second kappa shape index (κ2) is 6.56. The van der Waals surface area contributed by atoms with Crippen molar-refractivity contribution >= 4 is 11.9 Å². The molecule has 0 aromatic carbocycles. The van der Waals surface area contributed by atoms with Crippen molar-refractivity contribution in [3.05, 3.63) is 0 Å². The van der Waals surface area contributed by atoms with Gasteiger partial charge in [-0.05, 0) is 20.8 Å². The van der Waals surface area contributed by atoms with Crippen molar-refractivity contribution in [2.75, 3.05) is 26.2 Å². The van der Waals surface area contributed by atoms with Crippen LogP contribution in [-0.4, -0.2) is 55.1 Å². The van der Waals surface area contributed by atoms with E-state index < -0.39 is 6.03 Å². The largest absolute Gasteiger partial charge is 0.338 e. The average Bonchev–Trinajstić information content (AvgIpc) is 2.29. The van der Waals surface area contributed by atoms with E-state index in [1.54, 1.807) is 0 Å². The van der Waals surface area contributed by atoms with E-state index in [0.29, 0.717) is 12.6 Å². The summed E-state index contributed by atoms with van der Waals surface area (Å²) in [4.78, 5) is 25.2. The van der Waals surface area contributed by atoms with Crippen LogP contribution in [0.4, 0.5) is 4.79 Å². The SMILES string of the molecule is CCNC(=O)NC(=O)C(C)N1CCNCC1C.